The number of amides is 1. The molecule has 0 aromatic carbocycles. The van der Waals surface area contributed by atoms with Gasteiger partial charge in [0.25, 0.3) is 0 Å². The highest BCUT2D eigenvalue weighted by atomic mass is 32.2. The second-order valence-corrected chi connectivity index (χ2v) is 6.89. The van der Waals surface area contributed by atoms with Crippen LogP contribution in [0.3, 0.4) is 0 Å². The number of sulfone groups is 1. The maximum absolute atomic E-state index is 11.6. The van der Waals surface area contributed by atoms with Gasteiger partial charge in [-0.3, -0.25) is 4.79 Å². The maximum atomic E-state index is 11.6. The van der Waals surface area contributed by atoms with E-state index in [1.807, 2.05) is 6.92 Å². The first-order valence-electron chi connectivity index (χ1n) is 5.59. The van der Waals surface area contributed by atoms with Gasteiger partial charge in [-0.05, 0) is 5.92 Å². The highest BCUT2D eigenvalue weighted by Gasteiger charge is 2.29. The maximum Gasteiger partial charge on any atom is 0.222 e. The minimum absolute atomic E-state index is 0.0144. The fraction of sp³-hybridized carbons (Fsp3) is 0.900. The molecule has 0 aromatic heterocycles. The molecule has 6 heteroatoms. The van der Waals surface area contributed by atoms with Crippen molar-refractivity contribution in [2.24, 2.45) is 11.7 Å². The number of nitrogens with two attached hydrogens (primary N) is 1. The lowest BCUT2D eigenvalue weighted by atomic mass is 9.94. The van der Waals surface area contributed by atoms with E-state index < -0.39 is 9.84 Å². The van der Waals surface area contributed by atoms with Crippen LogP contribution in [0, 0.1) is 5.92 Å². The number of hydrogen-bond donors (Lipinski definition) is 1. The minimum Gasteiger partial charge on any atom is -0.340 e. The van der Waals surface area contributed by atoms with Crippen molar-refractivity contribution in [3.8, 4) is 0 Å². The fourth-order valence-electron chi connectivity index (χ4n) is 1.70. The van der Waals surface area contributed by atoms with E-state index in [4.69, 9.17) is 5.73 Å². The van der Waals surface area contributed by atoms with Crippen LogP contribution in [0.4, 0.5) is 0 Å². The van der Waals surface area contributed by atoms with Crippen LogP contribution in [0.2, 0.25) is 0 Å². The molecule has 0 aliphatic carbocycles. The molecular weight excluding hydrogens is 228 g/mol. The van der Waals surface area contributed by atoms with Gasteiger partial charge in [-0.15, -0.1) is 0 Å². The van der Waals surface area contributed by atoms with Crippen LogP contribution in [0.1, 0.15) is 20.3 Å². The molecule has 2 N–H and O–H groups in total. The van der Waals surface area contributed by atoms with Gasteiger partial charge < -0.3 is 10.6 Å². The number of piperidine rings is 1. The summed E-state index contributed by atoms with van der Waals surface area (Å²) in [5, 5.41) is 0. The standard InChI is InChI=1S/C10H20N2O3S/c1-3-16(14,15)5-4-12-7-9(11)8(2)6-10(12)13/h8-9H,3-7,11H2,1-2H3. The zero-order chi connectivity index (χ0) is 12.3. The van der Waals surface area contributed by atoms with Gasteiger partial charge in [0.1, 0.15) is 0 Å². The molecule has 5 nitrogen and oxygen atoms in total. The van der Waals surface area contributed by atoms with Gasteiger partial charge in [0.15, 0.2) is 9.84 Å². The molecule has 1 heterocycles. The van der Waals surface area contributed by atoms with Crippen molar-refractivity contribution < 1.29 is 13.2 Å². The third kappa shape index (κ3) is 3.45. The average Bonchev–Trinajstić information content (AvgIpc) is 2.22. The number of hydrogen-bond acceptors (Lipinski definition) is 4. The van der Waals surface area contributed by atoms with E-state index >= 15 is 0 Å². The first kappa shape index (κ1) is 13.4. The normalized spacial score (nSPS) is 27.2. The van der Waals surface area contributed by atoms with E-state index in [9.17, 15) is 13.2 Å². The molecule has 1 amide bonds. The minimum atomic E-state index is -3.01. The molecule has 1 fully saturated rings. The molecule has 0 spiro atoms. The Hall–Kier alpha value is -0.620. The van der Waals surface area contributed by atoms with Crippen LogP contribution < -0.4 is 5.73 Å². The van der Waals surface area contributed by atoms with Crippen molar-refractivity contribution in [2.75, 3.05) is 24.6 Å². The molecule has 2 atom stereocenters. The Bertz CT molecular complexity index is 353. The van der Waals surface area contributed by atoms with Crippen LogP contribution in [-0.2, 0) is 14.6 Å². The van der Waals surface area contributed by atoms with Crippen molar-refractivity contribution in [2.45, 2.75) is 26.3 Å². The third-order valence-electron chi connectivity index (χ3n) is 3.12. The lowest BCUT2D eigenvalue weighted by Crippen LogP contribution is -2.51. The van der Waals surface area contributed by atoms with Gasteiger partial charge in [0, 0.05) is 31.3 Å². The van der Waals surface area contributed by atoms with Gasteiger partial charge in [0.05, 0.1) is 5.75 Å². The monoisotopic (exact) mass is 248 g/mol. The predicted molar refractivity (Wildman–Crippen MR) is 62.7 cm³/mol. The highest BCUT2D eigenvalue weighted by Crippen LogP contribution is 2.16. The molecule has 2 unspecified atom stereocenters. The molecule has 1 saturated heterocycles. The molecule has 1 rings (SSSR count). The van der Waals surface area contributed by atoms with E-state index in [2.05, 4.69) is 0 Å². The highest BCUT2D eigenvalue weighted by molar-refractivity contribution is 7.91. The summed E-state index contributed by atoms with van der Waals surface area (Å²) in [7, 11) is -3.01. The lowest BCUT2D eigenvalue weighted by Gasteiger charge is -2.34. The first-order chi connectivity index (χ1) is 7.35. The quantitative estimate of drug-likeness (QED) is 0.735. The second-order valence-electron chi connectivity index (χ2n) is 4.42. The molecule has 1 aliphatic heterocycles. The Labute approximate surface area is 96.9 Å². The van der Waals surface area contributed by atoms with Gasteiger partial charge in [0.2, 0.25) is 5.91 Å². The molecule has 16 heavy (non-hydrogen) atoms. The van der Waals surface area contributed by atoms with Crippen LogP contribution in [0.25, 0.3) is 0 Å². The van der Waals surface area contributed by atoms with Gasteiger partial charge in [-0.1, -0.05) is 13.8 Å². The Kier molecular flexibility index (Phi) is 4.32. The second kappa shape index (κ2) is 5.14. The van der Waals surface area contributed by atoms with Crippen molar-refractivity contribution in [3.05, 3.63) is 0 Å². The van der Waals surface area contributed by atoms with Crippen LogP contribution in [0.5, 0.6) is 0 Å². The third-order valence-corrected chi connectivity index (χ3v) is 4.81. The van der Waals surface area contributed by atoms with E-state index in [-0.39, 0.29) is 35.9 Å². The van der Waals surface area contributed by atoms with Crippen molar-refractivity contribution >= 4 is 15.7 Å². The summed E-state index contributed by atoms with van der Waals surface area (Å²) in [4.78, 5) is 13.2. The van der Waals surface area contributed by atoms with Gasteiger partial charge in [-0.2, -0.15) is 0 Å². The average molecular weight is 248 g/mol. The number of carbonyl (C=O) groups is 1. The summed E-state index contributed by atoms with van der Waals surface area (Å²) in [6.45, 7) is 4.30. The summed E-state index contributed by atoms with van der Waals surface area (Å²) in [6, 6.07) is -0.0398. The zero-order valence-electron chi connectivity index (χ0n) is 9.85. The van der Waals surface area contributed by atoms with Gasteiger partial charge in [-0.25, -0.2) is 8.42 Å². The smallest absolute Gasteiger partial charge is 0.222 e. The summed E-state index contributed by atoms with van der Waals surface area (Å²) in [6.07, 6.45) is 0.424. The molecule has 1 aliphatic rings. The van der Waals surface area contributed by atoms with Crippen molar-refractivity contribution in [1.82, 2.24) is 4.90 Å². The van der Waals surface area contributed by atoms with E-state index in [1.54, 1.807) is 11.8 Å². The van der Waals surface area contributed by atoms with E-state index in [0.717, 1.165) is 0 Å². The topological polar surface area (TPSA) is 80.5 Å². The van der Waals surface area contributed by atoms with E-state index in [0.29, 0.717) is 13.0 Å². The number of rotatable bonds is 4. The molecule has 0 radical (unpaired) electrons. The zero-order valence-corrected chi connectivity index (χ0v) is 10.7. The fourth-order valence-corrected chi connectivity index (χ4v) is 2.49. The molecule has 0 saturated carbocycles. The predicted octanol–water partition coefficient (Wildman–Crippen LogP) is -0.383. The van der Waals surface area contributed by atoms with Gasteiger partial charge >= 0.3 is 0 Å². The summed E-state index contributed by atoms with van der Waals surface area (Å²) in [5.41, 5.74) is 5.86. The van der Waals surface area contributed by atoms with Crippen LogP contribution >= 0.6 is 0 Å². The first-order valence-corrected chi connectivity index (χ1v) is 7.41. The Morgan fingerprint density at radius 1 is 1.50 bits per heavy atom. The van der Waals surface area contributed by atoms with E-state index in [1.165, 1.54) is 0 Å². The Morgan fingerprint density at radius 3 is 2.69 bits per heavy atom. The molecule has 0 bridgehead atoms. The lowest BCUT2D eigenvalue weighted by molar-refractivity contribution is -0.135. The van der Waals surface area contributed by atoms with Crippen LogP contribution in [-0.4, -0.2) is 49.9 Å². The van der Waals surface area contributed by atoms with Crippen LogP contribution in [0.15, 0.2) is 0 Å². The molecular formula is C10H20N2O3S. The summed E-state index contributed by atoms with van der Waals surface area (Å²) >= 11 is 0. The van der Waals surface area contributed by atoms with Crippen molar-refractivity contribution in [1.29, 1.82) is 0 Å². The van der Waals surface area contributed by atoms with Crippen molar-refractivity contribution in [3.63, 3.8) is 0 Å². The Balaban J connectivity index is 2.52. The SMILES string of the molecule is CCS(=O)(=O)CCN1CC(N)C(C)CC1=O. The summed E-state index contributed by atoms with van der Waals surface area (Å²) < 4.78 is 22.7. The molecule has 0 aromatic rings. The number of carbonyl (C=O) groups excluding carboxylic acids is 1. The summed E-state index contributed by atoms with van der Waals surface area (Å²) in [5.74, 6) is 0.362. The largest absolute Gasteiger partial charge is 0.340 e. The molecule has 94 valence electrons. The Morgan fingerprint density at radius 2 is 2.12 bits per heavy atom. The number of nitrogens with zero attached hydrogens (tertiary/aromatic N) is 1. The number of likely N-dealkylation sites (tertiary alicyclic amines) is 1.